The van der Waals surface area contributed by atoms with Crippen molar-refractivity contribution in [3.63, 3.8) is 0 Å². The molecule has 0 aromatic rings. The third-order valence-corrected chi connectivity index (χ3v) is 3.26. The highest BCUT2D eigenvalue weighted by Crippen LogP contribution is 2.29. The number of ether oxygens (including phenoxy) is 1. The van der Waals surface area contributed by atoms with Crippen molar-refractivity contribution in [3.05, 3.63) is 24.3 Å². The second kappa shape index (κ2) is 3.35. The standard InChI is InChI=1S/C12H15NO/c1-3-7-11-9(5-1)13-10-6-2-4-8-12(10)14-11/h1,3,5,7,10-12H,2,4,6,8H2. The minimum Gasteiger partial charge on any atom is -0.362 e. The molecule has 0 saturated heterocycles. The predicted octanol–water partition coefficient (Wildman–Crippen LogP) is 2.26. The second-order valence-electron chi connectivity index (χ2n) is 4.24. The van der Waals surface area contributed by atoms with Crippen LogP contribution in [0.2, 0.25) is 0 Å². The van der Waals surface area contributed by atoms with E-state index >= 15 is 0 Å². The number of rotatable bonds is 0. The van der Waals surface area contributed by atoms with E-state index in [0.29, 0.717) is 12.1 Å². The Morgan fingerprint density at radius 3 is 3.14 bits per heavy atom. The molecule has 2 nitrogen and oxygen atoms in total. The average molecular weight is 189 g/mol. The number of nitrogens with zero attached hydrogens (tertiary/aromatic N) is 1. The van der Waals surface area contributed by atoms with Gasteiger partial charge in [-0.15, -0.1) is 0 Å². The van der Waals surface area contributed by atoms with Gasteiger partial charge in [-0.2, -0.15) is 0 Å². The van der Waals surface area contributed by atoms with Crippen LogP contribution in [-0.2, 0) is 4.74 Å². The van der Waals surface area contributed by atoms with Crippen molar-refractivity contribution in [2.24, 2.45) is 4.99 Å². The van der Waals surface area contributed by atoms with E-state index in [1.807, 2.05) is 12.2 Å². The summed E-state index contributed by atoms with van der Waals surface area (Å²) in [5, 5.41) is 0. The molecule has 3 rings (SSSR count). The Hall–Kier alpha value is -0.890. The first-order valence-corrected chi connectivity index (χ1v) is 5.51. The number of hydrogen-bond acceptors (Lipinski definition) is 2. The Morgan fingerprint density at radius 1 is 1.21 bits per heavy atom. The Labute approximate surface area is 84.4 Å². The van der Waals surface area contributed by atoms with Crippen LogP contribution in [0.3, 0.4) is 0 Å². The Morgan fingerprint density at radius 2 is 2.14 bits per heavy atom. The summed E-state index contributed by atoms with van der Waals surface area (Å²) >= 11 is 0. The Kier molecular flexibility index (Phi) is 2.02. The van der Waals surface area contributed by atoms with E-state index in [0.717, 1.165) is 5.71 Å². The van der Waals surface area contributed by atoms with E-state index in [4.69, 9.17) is 9.73 Å². The molecule has 3 atom stereocenters. The molecule has 0 aromatic carbocycles. The third kappa shape index (κ3) is 1.34. The fraction of sp³-hybridized carbons (Fsp3) is 0.583. The van der Waals surface area contributed by atoms with E-state index in [1.54, 1.807) is 0 Å². The van der Waals surface area contributed by atoms with E-state index in [9.17, 15) is 0 Å². The maximum Gasteiger partial charge on any atom is 0.118 e. The molecule has 1 heterocycles. The van der Waals surface area contributed by atoms with Crippen molar-refractivity contribution in [1.82, 2.24) is 0 Å². The number of allylic oxidation sites excluding steroid dienone is 2. The van der Waals surface area contributed by atoms with Crippen molar-refractivity contribution < 1.29 is 4.74 Å². The quantitative estimate of drug-likeness (QED) is 0.572. The summed E-state index contributed by atoms with van der Waals surface area (Å²) in [6, 6.07) is 0.436. The zero-order valence-electron chi connectivity index (χ0n) is 8.23. The zero-order valence-corrected chi connectivity index (χ0v) is 8.23. The molecule has 0 amide bonds. The van der Waals surface area contributed by atoms with Gasteiger partial charge < -0.3 is 4.74 Å². The molecule has 2 heteroatoms. The number of aliphatic imine (C=N–C) groups is 1. The molecule has 14 heavy (non-hydrogen) atoms. The maximum absolute atomic E-state index is 6.03. The fourth-order valence-corrected chi connectivity index (χ4v) is 2.51. The van der Waals surface area contributed by atoms with Gasteiger partial charge in [0.05, 0.1) is 17.9 Å². The lowest BCUT2D eigenvalue weighted by molar-refractivity contribution is -0.00125. The first-order chi connectivity index (χ1) is 6.93. The van der Waals surface area contributed by atoms with Gasteiger partial charge in [0.25, 0.3) is 0 Å². The first-order valence-electron chi connectivity index (χ1n) is 5.51. The Balaban J connectivity index is 1.88. The van der Waals surface area contributed by atoms with Gasteiger partial charge in [-0.05, 0) is 25.0 Å². The van der Waals surface area contributed by atoms with Gasteiger partial charge in [-0.1, -0.05) is 25.0 Å². The summed E-state index contributed by atoms with van der Waals surface area (Å²) < 4.78 is 6.03. The van der Waals surface area contributed by atoms with Crippen molar-refractivity contribution in [1.29, 1.82) is 0 Å². The van der Waals surface area contributed by atoms with E-state index < -0.39 is 0 Å². The van der Waals surface area contributed by atoms with Crippen LogP contribution in [0.15, 0.2) is 29.3 Å². The van der Waals surface area contributed by atoms with Crippen LogP contribution in [0.4, 0.5) is 0 Å². The molecular weight excluding hydrogens is 174 g/mol. The molecule has 74 valence electrons. The topological polar surface area (TPSA) is 21.6 Å². The lowest BCUT2D eigenvalue weighted by atomic mass is 9.90. The van der Waals surface area contributed by atoms with Gasteiger partial charge in [-0.25, -0.2) is 0 Å². The molecule has 0 radical (unpaired) electrons. The van der Waals surface area contributed by atoms with Crippen LogP contribution in [0.1, 0.15) is 25.7 Å². The van der Waals surface area contributed by atoms with Crippen LogP contribution in [-0.4, -0.2) is 24.0 Å². The van der Waals surface area contributed by atoms with Gasteiger partial charge in [0, 0.05) is 0 Å². The summed E-state index contributed by atoms with van der Waals surface area (Å²) in [5.74, 6) is 0. The van der Waals surface area contributed by atoms with Gasteiger partial charge >= 0.3 is 0 Å². The zero-order chi connectivity index (χ0) is 9.38. The van der Waals surface area contributed by atoms with Crippen molar-refractivity contribution in [2.45, 2.75) is 43.9 Å². The molecule has 1 aliphatic heterocycles. The molecule has 0 spiro atoms. The van der Waals surface area contributed by atoms with Crippen LogP contribution in [0.5, 0.6) is 0 Å². The molecule has 3 aliphatic rings. The van der Waals surface area contributed by atoms with Crippen LogP contribution in [0.25, 0.3) is 0 Å². The molecule has 2 aliphatic carbocycles. The number of fused-ring (bicyclic) bond motifs is 2. The fourth-order valence-electron chi connectivity index (χ4n) is 2.51. The molecule has 0 N–H and O–H groups in total. The van der Waals surface area contributed by atoms with Gasteiger partial charge in [0.15, 0.2) is 0 Å². The highest BCUT2D eigenvalue weighted by Gasteiger charge is 2.33. The van der Waals surface area contributed by atoms with Crippen LogP contribution in [0, 0.1) is 0 Å². The van der Waals surface area contributed by atoms with E-state index in [1.165, 1.54) is 25.7 Å². The molecule has 0 bridgehead atoms. The number of hydrogen-bond donors (Lipinski definition) is 0. The minimum atomic E-state index is 0.138. The first kappa shape index (κ1) is 8.42. The van der Waals surface area contributed by atoms with Crippen molar-refractivity contribution in [3.8, 4) is 0 Å². The summed E-state index contributed by atoms with van der Waals surface area (Å²) in [6.45, 7) is 0. The summed E-state index contributed by atoms with van der Waals surface area (Å²) in [7, 11) is 0. The average Bonchev–Trinajstić information content (AvgIpc) is 2.26. The maximum atomic E-state index is 6.03. The smallest absolute Gasteiger partial charge is 0.118 e. The lowest BCUT2D eigenvalue weighted by Gasteiger charge is -2.36. The monoisotopic (exact) mass is 189 g/mol. The van der Waals surface area contributed by atoms with Crippen LogP contribution < -0.4 is 0 Å². The normalized spacial score (nSPS) is 40.0. The lowest BCUT2D eigenvalue weighted by Crippen LogP contribution is -2.42. The highest BCUT2D eigenvalue weighted by atomic mass is 16.5. The molecule has 1 fully saturated rings. The summed E-state index contributed by atoms with van der Waals surface area (Å²) in [4.78, 5) is 4.78. The second-order valence-corrected chi connectivity index (χ2v) is 4.24. The predicted molar refractivity (Wildman–Crippen MR) is 56.6 cm³/mol. The molecule has 3 unspecified atom stereocenters. The summed E-state index contributed by atoms with van der Waals surface area (Å²) in [5.41, 5.74) is 1.12. The molecular formula is C12H15NO. The highest BCUT2D eigenvalue weighted by molar-refractivity contribution is 6.01. The van der Waals surface area contributed by atoms with Gasteiger partial charge in [0.1, 0.15) is 6.10 Å². The summed E-state index contributed by atoms with van der Waals surface area (Å²) in [6.07, 6.45) is 13.8. The van der Waals surface area contributed by atoms with Crippen molar-refractivity contribution >= 4 is 5.71 Å². The minimum absolute atomic E-state index is 0.138. The van der Waals surface area contributed by atoms with Crippen LogP contribution >= 0.6 is 0 Å². The molecule has 0 aromatic heterocycles. The van der Waals surface area contributed by atoms with Crippen molar-refractivity contribution in [2.75, 3.05) is 0 Å². The molecule has 1 saturated carbocycles. The van der Waals surface area contributed by atoms with E-state index in [2.05, 4.69) is 12.2 Å². The van der Waals surface area contributed by atoms with E-state index in [-0.39, 0.29) is 6.10 Å². The van der Waals surface area contributed by atoms with Gasteiger partial charge in [-0.3, -0.25) is 4.99 Å². The SMILES string of the molecule is C1=CC2=NC3CCCCC3OC2C=C1. The Bertz CT molecular complexity index is 316. The third-order valence-electron chi connectivity index (χ3n) is 3.26. The largest absolute Gasteiger partial charge is 0.362 e. The van der Waals surface area contributed by atoms with Gasteiger partial charge in [0.2, 0.25) is 0 Å².